The van der Waals surface area contributed by atoms with Crippen molar-refractivity contribution in [2.45, 2.75) is 6.61 Å². The number of methoxy groups -OCH3 is 1. The van der Waals surface area contributed by atoms with Crippen LogP contribution in [-0.2, 0) is 6.61 Å². The fourth-order valence-electron chi connectivity index (χ4n) is 3.60. The van der Waals surface area contributed by atoms with E-state index in [4.69, 9.17) is 9.47 Å². The second kappa shape index (κ2) is 10.4. The highest BCUT2D eigenvalue weighted by Crippen LogP contribution is 2.29. The lowest BCUT2D eigenvalue weighted by molar-refractivity contribution is 0.0947. The molecule has 4 rings (SSSR count). The molecule has 0 spiro atoms. The molecule has 0 atom stereocenters. The van der Waals surface area contributed by atoms with Crippen molar-refractivity contribution < 1.29 is 14.3 Å². The number of benzene rings is 4. The molecule has 0 radical (unpaired) electrons. The van der Waals surface area contributed by atoms with Gasteiger partial charge in [-0.25, -0.2) is 0 Å². The molecule has 1 amide bonds. The lowest BCUT2D eigenvalue weighted by atomic mass is 10.1. The number of rotatable bonds is 9. The van der Waals surface area contributed by atoms with Crippen LogP contribution < -0.4 is 20.1 Å². The van der Waals surface area contributed by atoms with Crippen molar-refractivity contribution in [2.24, 2.45) is 0 Å². The fraction of sp³-hybridized carbons (Fsp3) is 0.148. The maximum absolute atomic E-state index is 13.0. The van der Waals surface area contributed by atoms with Crippen molar-refractivity contribution in [3.8, 4) is 11.5 Å². The van der Waals surface area contributed by atoms with E-state index < -0.39 is 0 Å². The number of ether oxygens (including phenoxy) is 2. The first-order chi connectivity index (χ1) is 15.8. The first-order valence-electron chi connectivity index (χ1n) is 10.6. The molecule has 4 aromatic carbocycles. The highest BCUT2D eigenvalue weighted by atomic mass is 16.5. The summed E-state index contributed by atoms with van der Waals surface area (Å²) >= 11 is 0. The Morgan fingerprint density at radius 2 is 1.50 bits per heavy atom. The fourth-order valence-corrected chi connectivity index (χ4v) is 3.60. The SMILES string of the molecule is COc1cccc(OCc2ccccc2)c1C(=O)NCCNc1cccc2ccccc12. The van der Waals surface area contributed by atoms with Gasteiger partial charge in [-0.15, -0.1) is 0 Å². The largest absolute Gasteiger partial charge is 0.496 e. The number of hydrogen-bond donors (Lipinski definition) is 2. The van der Waals surface area contributed by atoms with Crippen LogP contribution in [0.4, 0.5) is 5.69 Å². The van der Waals surface area contributed by atoms with Crippen molar-refractivity contribution >= 4 is 22.4 Å². The minimum Gasteiger partial charge on any atom is -0.496 e. The van der Waals surface area contributed by atoms with Gasteiger partial charge in [0, 0.05) is 24.2 Å². The van der Waals surface area contributed by atoms with Gasteiger partial charge in [-0.2, -0.15) is 0 Å². The molecule has 0 aliphatic heterocycles. The van der Waals surface area contributed by atoms with E-state index in [9.17, 15) is 4.79 Å². The van der Waals surface area contributed by atoms with Crippen LogP contribution in [0, 0.1) is 0 Å². The molecule has 0 saturated carbocycles. The molecule has 4 aromatic rings. The maximum Gasteiger partial charge on any atom is 0.258 e. The summed E-state index contributed by atoms with van der Waals surface area (Å²) in [6.07, 6.45) is 0. The van der Waals surface area contributed by atoms with E-state index in [1.807, 2.05) is 60.7 Å². The van der Waals surface area contributed by atoms with Gasteiger partial charge in [0.15, 0.2) is 0 Å². The Morgan fingerprint density at radius 1 is 0.781 bits per heavy atom. The third-order valence-corrected chi connectivity index (χ3v) is 5.19. The Balaban J connectivity index is 1.40. The van der Waals surface area contributed by atoms with E-state index in [0.29, 0.717) is 36.8 Å². The highest BCUT2D eigenvalue weighted by molar-refractivity contribution is 5.99. The smallest absolute Gasteiger partial charge is 0.258 e. The number of amides is 1. The average molecular weight is 427 g/mol. The van der Waals surface area contributed by atoms with Crippen molar-refractivity contribution in [1.29, 1.82) is 0 Å². The molecular weight excluding hydrogens is 400 g/mol. The first-order valence-corrected chi connectivity index (χ1v) is 10.6. The summed E-state index contributed by atoms with van der Waals surface area (Å²) in [5, 5.41) is 8.71. The molecule has 0 fully saturated rings. The van der Waals surface area contributed by atoms with Crippen LogP contribution in [0.2, 0.25) is 0 Å². The van der Waals surface area contributed by atoms with E-state index in [1.165, 1.54) is 5.39 Å². The van der Waals surface area contributed by atoms with Gasteiger partial charge < -0.3 is 20.1 Å². The summed E-state index contributed by atoms with van der Waals surface area (Å²) in [4.78, 5) is 13.0. The zero-order valence-electron chi connectivity index (χ0n) is 18.0. The number of anilines is 1. The lowest BCUT2D eigenvalue weighted by Crippen LogP contribution is -2.29. The zero-order valence-corrected chi connectivity index (χ0v) is 18.0. The summed E-state index contributed by atoms with van der Waals surface area (Å²) in [6.45, 7) is 1.42. The minimum absolute atomic E-state index is 0.231. The molecule has 0 unspecified atom stereocenters. The van der Waals surface area contributed by atoms with Gasteiger partial charge in [-0.3, -0.25) is 4.79 Å². The predicted octanol–water partition coefficient (Wildman–Crippen LogP) is 5.27. The van der Waals surface area contributed by atoms with Crippen molar-refractivity contribution in [3.05, 3.63) is 102 Å². The normalized spacial score (nSPS) is 10.5. The molecule has 0 aromatic heterocycles. The average Bonchev–Trinajstić information content (AvgIpc) is 2.85. The van der Waals surface area contributed by atoms with Crippen LogP contribution in [0.25, 0.3) is 10.8 Å². The van der Waals surface area contributed by atoms with Gasteiger partial charge in [0.2, 0.25) is 0 Å². The number of fused-ring (bicyclic) bond motifs is 1. The maximum atomic E-state index is 13.0. The summed E-state index contributed by atoms with van der Waals surface area (Å²) in [6, 6.07) is 29.6. The Labute approximate surface area is 188 Å². The molecular formula is C27H26N2O3. The van der Waals surface area contributed by atoms with Gasteiger partial charge in [0.25, 0.3) is 5.91 Å². The quantitative estimate of drug-likeness (QED) is 0.358. The van der Waals surface area contributed by atoms with Crippen LogP contribution in [-0.4, -0.2) is 26.1 Å². The van der Waals surface area contributed by atoms with Crippen molar-refractivity contribution in [1.82, 2.24) is 5.32 Å². The molecule has 0 bridgehead atoms. The standard InChI is InChI=1S/C27H26N2O3/c1-31-24-15-8-16-25(32-19-20-9-3-2-4-10-20)26(24)27(30)29-18-17-28-23-14-7-12-21-11-5-6-13-22(21)23/h2-16,28H,17-19H2,1H3,(H,29,30). The van der Waals surface area contributed by atoms with E-state index in [-0.39, 0.29) is 5.91 Å². The summed E-state index contributed by atoms with van der Waals surface area (Å²) in [7, 11) is 1.55. The van der Waals surface area contributed by atoms with Crippen LogP contribution in [0.1, 0.15) is 15.9 Å². The van der Waals surface area contributed by atoms with Crippen LogP contribution in [0.3, 0.4) is 0 Å². The Morgan fingerprint density at radius 3 is 2.34 bits per heavy atom. The summed E-state index contributed by atoms with van der Waals surface area (Å²) in [5.74, 6) is 0.744. The Bertz CT molecular complexity index is 1190. The molecule has 0 saturated heterocycles. The van der Waals surface area contributed by atoms with Crippen molar-refractivity contribution in [2.75, 3.05) is 25.5 Å². The lowest BCUT2D eigenvalue weighted by Gasteiger charge is -2.15. The van der Waals surface area contributed by atoms with Crippen LogP contribution in [0.15, 0.2) is 91.0 Å². The highest BCUT2D eigenvalue weighted by Gasteiger charge is 2.18. The molecule has 32 heavy (non-hydrogen) atoms. The third-order valence-electron chi connectivity index (χ3n) is 5.19. The monoisotopic (exact) mass is 426 g/mol. The predicted molar refractivity (Wildman–Crippen MR) is 129 cm³/mol. The molecule has 5 heteroatoms. The number of carbonyl (C=O) groups excluding carboxylic acids is 1. The van der Waals surface area contributed by atoms with E-state index in [2.05, 4.69) is 28.8 Å². The Hall–Kier alpha value is -3.99. The molecule has 0 heterocycles. The first kappa shape index (κ1) is 21.2. The molecule has 162 valence electrons. The van der Waals surface area contributed by atoms with Crippen LogP contribution in [0.5, 0.6) is 11.5 Å². The van der Waals surface area contributed by atoms with Gasteiger partial charge in [-0.1, -0.05) is 72.8 Å². The molecule has 0 aliphatic rings. The molecule has 2 N–H and O–H groups in total. The number of hydrogen-bond acceptors (Lipinski definition) is 4. The number of nitrogens with one attached hydrogen (secondary N) is 2. The third kappa shape index (κ3) is 5.01. The minimum atomic E-state index is -0.231. The zero-order chi connectivity index (χ0) is 22.2. The van der Waals surface area contributed by atoms with E-state index in [1.54, 1.807) is 19.2 Å². The topological polar surface area (TPSA) is 59.6 Å². The van der Waals surface area contributed by atoms with Gasteiger partial charge in [-0.05, 0) is 29.1 Å². The van der Waals surface area contributed by atoms with E-state index in [0.717, 1.165) is 16.6 Å². The number of carbonyl (C=O) groups is 1. The van der Waals surface area contributed by atoms with Crippen LogP contribution >= 0.6 is 0 Å². The second-order valence-electron chi connectivity index (χ2n) is 7.32. The molecule has 0 aliphatic carbocycles. The summed E-state index contributed by atoms with van der Waals surface area (Å²) < 4.78 is 11.4. The molecule has 5 nitrogen and oxygen atoms in total. The summed E-state index contributed by atoms with van der Waals surface area (Å²) in [5.41, 5.74) is 2.47. The van der Waals surface area contributed by atoms with Gasteiger partial charge in [0.1, 0.15) is 23.7 Å². The Kier molecular flexibility index (Phi) is 6.88. The second-order valence-corrected chi connectivity index (χ2v) is 7.32. The van der Waals surface area contributed by atoms with E-state index >= 15 is 0 Å². The van der Waals surface area contributed by atoms with Gasteiger partial charge in [0.05, 0.1) is 7.11 Å². The van der Waals surface area contributed by atoms with Gasteiger partial charge >= 0.3 is 0 Å². The van der Waals surface area contributed by atoms with Crippen molar-refractivity contribution in [3.63, 3.8) is 0 Å².